The summed E-state index contributed by atoms with van der Waals surface area (Å²) in [6.45, 7) is 9.53. The van der Waals surface area contributed by atoms with Gasteiger partial charge in [-0.3, -0.25) is 0 Å². The summed E-state index contributed by atoms with van der Waals surface area (Å²) in [6, 6.07) is 0. The molecule has 0 aliphatic rings. The van der Waals surface area contributed by atoms with Gasteiger partial charge in [0.05, 0.1) is 0 Å². The Bertz CT molecular complexity index is 140. The van der Waals surface area contributed by atoms with Crippen LogP contribution in [0.25, 0.3) is 0 Å². The van der Waals surface area contributed by atoms with E-state index in [1.54, 1.807) is 0 Å². The summed E-state index contributed by atoms with van der Waals surface area (Å²) in [4.78, 5) is 0. The van der Waals surface area contributed by atoms with E-state index in [4.69, 9.17) is 0 Å². The summed E-state index contributed by atoms with van der Waals surface area (Å²) in [5.41, 5.74) is 1.46. The number of hydrogen-bond donors (Lipinski definition) is 0. The third kappa shape index (κ3) is 7.11. The molecule has 0 rings (SSSR count). The number of hydrogen-bond acceptors (Lipinski definition) is 0. The fourth-order valence-corrected chi connectivity index (χ4v) is 0.879. The second-order valence-corrected chi connectivity index (χ2v) is 2.74. The molecule has 0 aromatic carbocycles. The van der Waals surface area contributed by atoms with Crippen molar-refractivity contribution in [2.24, 2.45) is 0 Å². The first-order valence-electron chi connectivity index (χ1n) is 4.18. The van der Waals surface area contributed by atoms with Crippen molar-refractivity contribution in [1.29, 1.82) is 0 Å². The molecular formula is C11H18. The summed E-state index contributed by atoms with van der Waals surface area (Å²) in [7, 11) is 0. The molecule has 11 heavy (non-hydrogen) atoms. The highest BCUT2D eigenvalue weighted by atomic mass is 13.9. The molecule has 0 nitrogen and oxygen atoms in total. The molecule has 0 bridgehead atoms. The van der Waals surface area contributed by atoms with Crippen LogP contribution in [0.2, 0.25) is 0 Å². The first-order chi connectivity index (χ1) is 5.31. The van der Waals surface area contributed by atoms with Gasteiger partial charge in [-0.2, -0.15) is 0 Å². The smallest absolute Gasteiger partial charge is 0.0288 e. The lowest BCUT2D eigenvalue weighted by atomic mass is 10.1. The normalized spacial score (nSPS) is 11.2. The largest absolute Gasteiger partial charge is 0.103 e. The van der Waals surface area contributed by atoms with Crippen LogP contribution in [0, 0.1) is 0 Å². The minimum absolute atomic E-state index is 1.09. The molecule has 0 N–H and O–H groups in total. The van der Waals surface area contributed by atoms with Gasteiger partial charge in [0.1, 0.15) is 0 Å². The molecule has 0 aromatic heterocycles. The number of allylic oxidation sites excluding steroid dienone is 4. The van der Waals surface area contributed by atoms with Gasteiger partial charge in [0.2, 0.25) is 0 Å². The van der Waals surface area contributed by atoms with Crippen molar-refractivity contribution in [1.82, 2.24) is 0 Å². The number of unbranched alkanes of at least 4 members (excludes halogenated alkanes) is 1. The van der Waals surface area contributed by atoms with E-state index in [1.165, 1.54) is 5.57 Å². The Hall–Kier alpha value is -0.780. The van der Waals surface area contributed by atoms with Crippen molar-refractivity contribution in [3.05, 3.63) is 37.0 Å². The van der Waals surface area contributed by atoms with Gasteiger partial charge < -0.3 is 0 Å². The van der Waals surface area contributed by atoms with Crippen LogP contribution in [0.1, 0.15) is 32.6 Å². The Morgan fingerprint density at radius 1 is 1.09 bits per heavy atom. The molecule has 0 heteroatoms. The Kier molecular flexibility index (Phi) is 6.81. The van der Waals surface area contributed by atoms with Crippen LogP contribution in [-0.4, -0.2) is 0 Å². The Labute approximate surface area is 70.3 Å². The third-order valence-electron chi connectivity index (χ3n) is 1.61. The standard InChI is InChI=1S/C11H18/c1-4-6-8-10-11(3)9-7-5-2/h4-5,10H,1-2,6-9H2,3H3/b11-10+. The zero-order valence-corrected chi connectivity index (χ0v) is 7.47. The van der Waals surface area contributed by atoms with Crippen molar-refractivity contribution in [3.8, 4) is 0 Å². The monoisotopic (exact) mass is 150 g/mol. The lowest BCUT2D eigenvalue weighted by Gasteiger charge is -1.96. The van der Waals surface area contributed by atoms with Gasteiger partial charge in [-0.05, 0) is 32.6 Å². The molecule has 0 aromatic rings. The van der Waals surface area contributed by atoms with E-state index in [-0.39, 0.29) is 0 Å². The van der Waals surface area contributed by atoms with Gasteiger partial charge in [-0.15, -0.1) is 13.2 Å². The van der Waals surface area contributed by atoms with Gasteiger partial charge in [0.15, 0.2) is 0 Å². The zero-order chi connectivity index (χ0) is 8.53. The Balaban J connectivity index is 3.44. The minimum Gasteiger partial charge on any atom is -0.103 e. The van der Waals surface area contributed by atoms with Crippen LogP contribution in [0.4, 0.5) is 0 Å². The first kappa shape index (κ1) is 10.2. The van der Waals surface area contributed by atoms with Gasteiger partial charge in [0, 0.05) is 0 Å². The predicted molar refractivity (Wildman–Crippen MR) is 52.6 cm³/mol. The Morgan fingerprint density at radius 3 is 2.27 bits per heavy atom. The summed E-state index contributed by atoms with van der Waals surface area (Å²) in [5.74, 6) is 0. The molecule has 0 saturated heterocycles. The lowest BCUT2D eigenvalue weighted by molar-refractivity contribution is 0.945. The maximum absolute atomic E-state index is 3.69. The van der Waals surface area contributed by atoms with Crippen LogP contribution in [-0.2, 0) is 0 Å². The quantitative estimate of drug-likeness (QED) is 0.398. The van der Waals surface area contributed by atoms with Crippen molar-refractivity contribution in [2.75, 3.05) is 0 Å². The molecule has 62 valence electrons. The van der Waals surface area contributed by atoms with E-state index >= 15 is 0 Å². The van der Waals surface area contributed by atoms with Gasteiger partial charge >= 0.3 is 0 Å². The molecule has 0 fully saturated rings. The molecule has 0 radical (unpaired) electrons. The molecular weight excluding hydrogens is 132 g/mol. The third-order valence-corrected chi connectivity index (χ3v) is 1.61. The van der Waals surface area contributed by atoms with Crippen molar-refractivity contribution < 1.29 is 0 Å². The topological polar surface area (TPSA) is 0 Å². The Morgan fingerprint density at radius 2 is 1.73 bits per heavy atom. The molecule has 0 atom stereocenters. The summed E-state index contributed by atoms with van der Waals surface area (Å²) < 4.78 is 0. The molecule has 0 unspecified atom stereocenters. The zero-order valence-electron chi connectivity index (χ0n) is 7.47. The van der Waals surface area contributed by atoms with E-state index < -0.39 is 0 Å². The highest BCUT2D eigenvalue weighted by molar-refractivity contribution is 4.99. The molecule has 0 spiro atoms. The van der Waals surface area contributed by atoms with Crippen molar-refractivity contribution in [3.63, 3.8) is 0 Å². The van der Waals surface area contributed by atoms with Crippen LogP contribution in [0.3, 0.4) is 0 Å². The lowest BCUT2D eigenvalue weighted by Crippen LogP contribution is -1.75. The molecule has 0 saturated carbocycles. The number of rotatable bonds is 6. The second kappa shape index (κ2) is 7.33. The second-order valence-electron chi connectivity index (χ2n) is 2.74. The van der Waals surface area contributed by atoms with Crippen LogP contribution >= 0.6 is 0 Å². The summed E-state index contributed by atoms with van der Waals surface area (Å²) in [6.07, 6.45) is 10.7. The average Bonchev–Trinajstić information content (AvgIpc) is 2.01. The van der Waals surface area contributed by atoms with E-state index in [1.807, 2.05) is 12.2 Å². The molecule has 0 heterocycles. The van der Waals surface area contributed by atoms with Gasteiger partial charge in [-0.1, -0.05) is 23.8 Å². The SMILES string of the molecule is C=CCC/C=C(\C)CCC=C. The van der Waals surface area contributed by atoms with Crippen molar-refractivity contribution >= 4 is 0 Å². The molecule has 0 amide bonds. The van der Waals surface area contributed by atoms with Crippen LogP contribution in [0.15, 0.2) is 37.0 Å². The fourth-order valence-electron chi connectivity index (χ4n) is 0.879. The average molecular weight is 150 g/mol. The summed E-state index contributed by atoms with van der Waals surface area (Å²) in [5, 5.41) is 0. The first-order valence-corrected chi connectivity index (χ1v) is 4.18. The highest BCUT2D eigenvalue weighted by Gasteiger charge is 1.85. The summed E-state index contributed by atoms with van der Waals surface area (Å²) >= 11 is 0. The van der Waals surface area contributed by atoms with Crippen LogP contribution in [0.5, 0.6) is 0 Å². The maximum atomic E-state index is 3.69. The molecule has 0 aliphatic heterocycles. The van der Waals surface area contributed by atoms with Crippen LogP contribution < -0.4 is 0 Å². The van der Waals surface area contributed by atoms with Gasteiger partial charge in [0.25, 0.3) is 0 Å². The fraction of sp³-hybridized carbons (Fsp3) is 0.455. The maximum Gasteiger partial charge on any atom is -0.0288 e. The predicted octanol–water partition coefficient (Wildman–Crippen LogP) is 3.87. The minimum atomic E-state index is 1.09. The van der Waals surface area contributed by atoms with E-state index in [9.17, 15) is 0 Å². The van der Waals surface area contributed by atoms with E-state index in [0.717, 1.165) is 25.7 Å². The van der Waals surface area contributed by atoms with E-state index in [2.05, 4.69) is 26.2 Å². The molecule has 0 aliphatic carbocycles. The van der Waals surface area contributed by atoms with E-state index in [0.29, 0.717) is 0 Å². The highest BCUT2D eigenvalue weighted by Crippen LogP contribution is 2.06. The van der Waals surface area contributed by atoms with Crippen molar-refractivity contribution in [2.45, 2.75) is 32.6 Å². The van der Waals surface area contributed by atoms with Gasteiger partial charge in [-0.25, -0.2) is 0 Å².